The summed E-state index contributed by atoms with van der Waals surface area (Å²) in [6.45, 7) is 1.99. The van der Waals surface area contributed by atoms with Gasteiger partial charge in [0, 0.05) is 6.04 Å². The minimum Gasteiger partial charge on any atom is -0.361 e. The number of fused-ring (bicyclic) bond motifs is 1. The van der Waals surface area contributed by atoms with Crippen LogP contribution in [0, 0.1) is 17.0 Å². The summed E-state index contributed by atoms with van der Waals surface area (Å²) in [7, 11) is 0. The molecule has 0 bridgehead atoms. The lowest BCUT2D eigenvalue weighted by molar-refractivity contribution is -0.383. The van der Waals surface area contributed by atoms with Crippen LogP contribution in [0.4, 0.5) is 22.5 Å². The van der Waals surface area contributed by atoms with E-state index in [-0.39, 0.29) is 23.4 Å². The number of aryl methyl sites for hydroxylation is 1. The smallest absolute Gasteiger partial charge is 0.353 e. The van der Waals surface area contributed by atoms with Crippen molar-refractivity contribution in [2.45, 2.75) is 38.6 Å². The van der Waals surface area contributed by atoms with Crippen LogP contribution in [-0.4, -0.2) is 25.9 Å². The molecule has 1 saturated carbocycles. The Bertz CT molecular complexity index is 967. The molecule has 0 aliphatic heterocycles. The third-order valence-corrected chi connectivity index (χ3v) is 5.48. The van der Waals surface area contributed by atoms with Gasteiger partial charge < -0.3 is 10.6 Å². The number of anilines is 3. The molecule has 1 fully saturated rings. The zero-order valence-corrected chi connectivity index (χ0v) is 15.0. The minimum absolute atomic E-state index is 0.143. The fourth-order valence-electron chi connectivity index (χ4n) is 3.25. The molecule has 4 rings (SSSR count). The Morgan fingerprint density at radius 1 is 1.23 bits per heavy atom. The molecule has 9 heteroatoms. The highest BCUT2D eigenvalue weighted by molar-refractivity contribution is 7.22. The van der Waals surface area contributed by atoms with Crippen LogP contribution in [-0.2, 0) is 0 Å². The second-order valence-corrected chi connectivity index (χ2v) is 7.40. The molecular weight excluding hydrogens is 352 g/mol. The molecule has 3 aromatic rings. The lowest BCUT2D eigenvalue weighted by Crippen LogP contribution is -2.17. The van der Waals surface area contributed by atoms with Crippen LogP contribution in [0.15, 0.2) is 24.5 Å². The van der Waals surface area contributed by atoms with Crippen molar-refractivity contribution in [3.8, 4) is 0 Å². The van der Waals surface area contributed by atoms with Crippen LogP contribution >= 0.6 is 11.3 Å². The van der Waals surface area contributed by atoms with Gasteiger partial charge in [-0.1, -0.05) is 36.3 Å². The fourth-order valence-corrected chi connectivity index (χ4v) is 4.20. The van der Waals surface area contributed by atoms with Gasteiger partial charge in [0.1, 0.15) is 6.33 Å². The first kappa shape index (κ1) is 16.6. The summed E-state index contributed by atoms with van der Waals surface area (Å²) in [5.41, 5.74) is 1.81. The van der Waals surface area contributed by atoms with E-state index in [9.17, 15) is 10.1 Å². The highest BCUT2D eigenvalue weighted by atomic mass is 32.1. The van der Waals surface area contributed by atoms with Gasteiger partial charge in [-0.2, -0.15) is 0 Å². The predicted octanol–water partition coefficient (Wildman–Crippen LogP) is 4.40. The zero-order valence-electron chi connectivity index (χ0n) is 14.2. The Morgan fingerprint density at radius 3 is 2.73 bits per heavy atom. The molecule has 0 unspecified atom stereocenters. The molecule has 1 aromatic carbocycles. The molecule has 134 valence electrons. The maximum atomic E-state index is 11.7. The van der Waals surface area contributed by atoms with E-state index in [4.69, 9.17) is 0 Å². The second kappa shape index (κ2) is 6.83. The number of thiazole rings is 1. The number of nitrogens with zero attached hydrogens (tertiary/aromatic N) is 4. The maximum Gasteiger partial charge on any atom is 0.353 e. The van der Waals surface area contributed by atoms with Crippen molar-refractivity contribution in [2.24, 2.45) is 0 Å². The topological polar surface area (TPSA) is 106 Å². The molecule has 26 heavy (non-hydrogen) atoms. The van der Waals surface area contributed by atoms with Crippen molar-refractivity contribution in [2.75, 3.05) is 10.6 Å². The van der Waals surface area contributed by atoms with Crippen molar-refractivity contribution < 1.29 is 4.92 Å². The molecular formula is C17H18N6O2S. The number of para-hydroxylation sites is 1. The van der Waals surface area contributed by atoms with E-state index < -0.39 is 4.92 Å². The second-order valence-electron chi connectivity index (χ2n) is 6.37. The molecule has 2 heterocycles. The first-order valence-corrected chi connectivity index (χ1v) is 9.32. The van der Waals surface area contributed by atoms with Gasteiger partial charge in [-0.15, -0.1) is 0 Å². The van der Waals surface area contributed by atoms with E-state index in [1.54, 1.807) is 0 Å². The summed E-state index contributed by atoms with van der Waals surface area (Å²) in [5, 5.41) is 18.4. The molecule has 8 nitrogen and oxygen atoms in total. The first-order valence-electron chi connectivity index (χ1n) is 8.51. The molecule has 0 saturated heterocycles. The summed E-state index contributed by atoms with van der Waals surface area (Å²) in [6.07, 6.45) is 5.60. The Labute approximate surface area is 153 Å². The van der Waals surface area contributed by atoms with Crippen LogP contribution in [0.5, 0.6) is 0 Å². The van der Waals surface area contributed by atoms with E-state index in [1.165, 1.54) is 17.7 Å². The van der Waals surface area contributed by atoms with Crippen LogP contribution < -0.4 is 10.6 Å². The highest BCUT2D eigenvalue weighted by Gasteiger charge is 2.26. The zero-order chi connectivity index (χ0) is 18.1. The van der Waals surface area contributed by atoms with Gasteiger partial charge in [0.15, 0.2) is 5.13 Å². The largest absolute Gasteiger partial charge is 0.361 e. The lowest BCUT2D eigenvalue weighted by Gasteiger charge is -2.13. The number of nitro groups is 1. The molecule has 0 radical (unpaired) electrons. The molecule has 2 N–H and O–H groups in total. The van der Waals surface area contributed by atoms with Gasteiger partial charge in [0.25, 0.3) is 0 Å². The van der Waals surface area contributed by atoms with Crippen LogP contribution in [0.25, 0.3) is 10.2 Å². The van der Waals surface area contributed by atoms with Crippen molar-refractivity contribution in [1.29, 1.82) is 0 Å². The standard InChI is InChI=1S/C17H18N6O2S/c1-10-5-4-8-12-13(10)21-17(26-12)22-16-14(23(24)25)15(18-9-19-16)20-11-6-2-3-7-11/h4-5,8-9,11H,2-3,6-7H2,1H3,(H2,18,19,20,21,22). The van der Waals surface area contributed by atoms with Gasteiger partial charge in [0.2, 0.25) is 11.6 Å². The number of hydrogen-bond acceptors (Lipinski definition) is 8. The van der Waals surface area contributed by atoms with Gasteiger partial charge in [-0.25, -0.2) is 15.0 Å². The highest BCUT2D eigenvalue weighted by Crippen LogP contribution is 2.35. The van der Waals surface area contributed by atoms with Gasteiger partial charge in [-0.05, 0) is 31.4 Å². The average Bonchev–Trinajstić information content (AvgIpc) is 3.25. The van der Waals surface area contributed by atoms with Crippen molar-refractivity contribution in [3.63, 3.8) is 0 Å². The normalized spacial score (nSPS) is 14.7. The number of nitrogens with one attached hydrogen (secondary N) is 2. The van der Waals surface area contributed by atoms with Gasteiger partial charge in [-0.3, -0.25) is 10.1 Å². The average molecular weight is 370 g/mol. The van der Waals surface area contributed by atoms with Gasteiger partial charge >= 0.3 is 5.69 Å². The Kier molecular flexibility index (Phi) is 4.37. The summed E-state index contributed by atoms with van der Waals surface area (Å²) < 4.78 is 1.02. The molecule has 0 spiro atoms. The Hall–Kier alpha value is -2.81. The van der Waals surface area contributed by atoms with Crippen molar-refractivity contribution in [1.82, 2.24) is 15.0 Å². The summed E-state index contributed by atoms with van der Waals surface area (Å²) in [4.78, 5) is 23.9. The summed E-state index contributed by atoms with van der Waals surface area (Å²) in [6, 6.07) is 6.16. The van der Waals surface area contributed by atoms with E-state index in [0.717, 1.165) is 41.5 Å². The van der Waals surface area contributed by atoms with E-state index in [0.29, 0.717) is 5.13 Å². The van der Waals surface area contributed by atoms with Crippen LogP contribution in [0.2, 0.25) is 0 Å². The molecule has 1 aliphatic carbocycles. The van der Waals surface area contributed by atoms with Crippen molar-refractivity contribution >= 4 is 44.0 Å². The van der Waals surface area contributed by atoms with Crippen LogP contribution in [0.3, 0.4) is 0 Å². The molecule has 0 atom stereocenters. The number of rotatable bonds is 5. The Balaban J connectivity index is 1.68. The van der Waals surface area contributed by atoms with E-state index in [1.807, 2.05) is 25.1 Å². The number of aromatic nitrogens is 3. The summed E-state index contributed by atoms with van der Waals surface area (Å²) >= 11 is 1.44. The minimum atomic E-state index is -0.446. The molecule has 2 aromatic heterocycles. The third kappa shape index (κ3) is 3.17. The van der Waals surface area contributed by atoms with E-state index in [2.05, 4.69) is 25.6 Å². The monoisotopic (exact) mass is 370 g/mol. The number of benzene rings is 1. The van der Waals surface area contributed by atoms with Gasteiger partial charge in [0.05, 0.1) is 15.1 Å². The van der Waals surface area contributed by atoms with Crippen LogP contribution in [0.1, 0.15) is 31.2 Å². The summed E-state index contributed by atoms with van der Waals surface area (Å²) in [5.74, 6) is 0.416. The SMILES string of the molecule is Cc1cccc2sc(Nc3ncnc(NC4CCCC4)c3[N+](=O)[O-])nc12. The molecule has 0 amide bonds. The van der Waals surface area contributed by atoms with Crippen molar-refractivity contribution in [3.05, 3.63) is 40.2 Å². The number of hydrogen-bond donors (Lipinski definition) is 2. The third-order valence-electron chi connectivity index (χ3n) is 4.55. The molecule has 1 aliphatic rings. The maximum absolute atomic E-state index is 11.7. The Morgan fingerprint density at radius 2 is 2.00 bits per heavy atom. The quantitative estimate of drug-likeness (QED) is 0.506. The first-order chi connectivity index (χ1) is 12.6. The lowest BCUT2D eigenvalue weighted by atomic mass is 10.2. The van der Waals surface area contributed by atoms with E-state index >= 15 is 0 Å². The predicted molar refractivity (Wildman–Crippen MR) is 102 cm³/mol. The fraction of sp³-hybridized carbons (Fsp3) is 0.353.